The number of halogens is 1. The Morgan fingerprint density at radius 3 is 2.54 bits per heavy atom. The van der Waals surface area contributed by atoms with E-state index in [1.165, 1.54) is 16.8 Å². The summed E-state index contributed by atoms with van der Waals surface area (Å²) in [6, 6.07) is 7.55. The number of piperidine rings is 1. The first-order chi connectivity index (χ1) is 13.4. The van der Waals surface area contributed by atoms with Gasteiger partial charge in [0.15, 0.2) is 0 Å². The van der Waals surface area contributed by atoms with Crippen LogP contribution >= 0.6 is 0 Å². The van der Waals surface area contributed by atoms with Crippen LogP contribution in [0.15, 0.2) is 49.1 Å². The summed E-state index contributed by atoms with van der Waals surface area (Å²) < 4.78 is 39.2. The lowest BCUT2D eigenvalue weighted by atomic mass is 9.99. The van der Waals surface area contributed by atoms with Gasteiger partial charge in [-0.25, -0.2) is 17.1 Å². The molecule has 2 aromatic heterocycles. The molecule has 1 aliphatic rings. The molecule has 0 radical (unpaired) electrons. The number of anilines is 1. The molecule has 0 unspecified atom stereocenters. The Bertz CT molecular complexity index is 1110. The highest BCUT2D eigenvalue weighted by Gasteiger charge is 2.25. The first-order valence-corrected chi connectivity index (χ1v) is 11.0. The molecule has 1 N–H and O–H groups in total. The number of nitrogens with one attached hydrogen (secondary N) is 1. The van der Waals surface area contributed by atoms with Crippen LogP contribution in [-0.4, -0.2) is 48.1 Å². The second kappa shape index (κ2) is 7.44. The SMILES string of the molecule is CS(=O)(=O)N1CCC(Nc2cc(-c3ccncc3F)cc3ccncc23)CC1. The number of sulfonamides is 1. The monoisotopic (exact) mass is 400 g/mol. The molecule has 0 bridgehead atoms. The molecule has 8 heteroatoms. The fourth-order valence-corrected chi connectivity index (χ4v) is 4.51. The summed E-state index contributed by atoms with van der Waals surface area (Å²) in [5, 5.41) is 5.43. The minimum absolute atomic E-state index is 0.138. The van der Waals surface area contributed by atoms with E-state index in [2.05, 4.69) is 15.3 Å². The molecule has 0 amide bonds. The molecular weight excluding hydrogens is 379 g/mol. The fraction of sp³-hybridized carbons (Fsp3) is 0.300. The van der Waals surface area contributed by atoms with Crippen molar-refractivity contribution in [2.24, 2.45) is 0 Å². The first kappa shape index (κ1) is 18.8. The van der Waals surface area contributed by atoms with Gasteiger partial charge in [-0.05, 0) is 48.1 Å². The molecule has 28 heavy (non-hydrogen) atoms. The van der Waals surface area contributed by atoms with Gasteiger partial charge in [-0.3, -0.25) is 9.97 Å². The summed E-state index contributed by atoms with van der Waals surface area (Å²) in [5.74, 6) is -0.372. The van der Waals surface area contributed by atoms with E-state index in [0.29, 0.717) is 31.5 Å². The minimum Gasteiger partial charge on any atom is -0.382 e. The van der Waals surface area contributed by atoms with Gasteiger partial charge in [0.05, 0.1) is 12.5 Å². The number of benzene rings is 1. The topological polar surface area (TPSA) is 75.2 Å². The zero-order chi connectivity index (χ0) is 19.7. The maximum absolute atomic E-state index is 14.3. The molecular formula is C20H21FN4O2S. The summed E-state index contributed by atoms with van der Waals surface area (Å²) in [5.41, 5.74) is 2.12. The van der Waals surface area contributed by atoms with Crippen molar-refractivity contribution >= 4 is 26.5 Å². The van der Waals surface area contributed by atoms with Gasteiger partial charge >= 0.3 is 0 Å². The van der Waals surface area contributed by atoms with Crippen molar-refractivity contribution in [3.63, 3.8) is 0 Å². The highest BCUT2D eigenvalue weighted by molar-refractivity contribution is 7.88. The molecule has 1 saturated heterocycles. The van der Waals surface area contributed by atoms with Crippen LogP contribution in [0.1, 0.15) is 12.8 Å². The van der Waals surface area contributed by atoms with Gasteiger partial charge in [-0.15, -0.1) is 0 Å². The summed E-state index contributed by atoms with van der Waals surface area (Å²) in [7, 11) is -3.16. The average molecular weight is 400 g/mol. The van der Waals surface area contributed by atoms with Crippen molar-refractivity contribution in [3.05, 3.63) is 54.9 Å². The van der Waals surface area contributed by atoms with Gasteiger partial charge in [-0.1, -0.05) is 0 Å². The van der Waals surface area contributed by atoms with Gasteiger partial charge in [0.1, 0.15) is 5.82 Å². The molecule has 0 saturated carbocycles. The van der Waals surface area contributed by atoms with Crippen molar-refractivity contribution in [2.45, 2.75) is 18.9 Å². The summed E-state index contributed by atoms with van der Waals surface area (Å²) in [4.78, 5) is 8.04. The van der Waals surface area contributed by atoms with Gasteiger partial charge in [0, 0.05) is 54.4 Å². The number of nitrogens with zero attached hydrogens (tertiary/aromatic N) is 3. The molecule has 0 atom stereocenters. The second-order valence-corrected chi connectivity index (χ2v) is 9.04. The molecule has 146 valence electrons. The van der Waals surface area contributed by atoms with Crippen LogP contribution in [0, 0.1) is 5.82 Å². The fourth-order valence-electron chi connectivity index (χ4n) is 3.63. The maximum Gasteiger partial charge on any atom is 0.211 e. The lowest BCUT2D eigenvalue weighted by Crippen LogP contribution is -2.41. The Balaban J connectivity index is 1.66. The minimum atomic E-state index is -3.16. The third kappa shape index (κ3) is 3.83. The molecule has 1 aliphatic heterocycles. The molecule has 0 aliphatic carbocycles. The molecule has 6 nitrogen and oxygen atoms in total. The Labute approximate surface area is 163 Å². The van der Waals surface area contributed by atoms with E-state index in [0.717, 1.165) is 22.0 Å². The lowest BCUT2D eigenvalue weighted by Gasteiger charge is -2.31. The van der Waals surface area contributed by atoms with Crippen molar-refractivity contribution < 1.29 is 12.8 Å². The van der Waals surface area contributed by atoms with Crippen LogP contribution in [0.5, 0.6) is 0 Å². The predicted molar refractivity (Wildman–Crippen MR) is 108 cm³/mol. The number of rotatable bonds is 4. The van der Waals surface area contributed by atoms with E-state index in [1.54, 1.807) is 24.7 Å². The van der Waals surface area contributed by atoms with Gasteiger partial charge in [0.25, 0.3) is 0 Å². The number of hydrogen-bond acceptors (Lipinski definition) is 5. The molecule has 3 aromatic rings. The standard InChI is InChI=1S/C20H21FN4O2S/c1-28(26,27)25-8-4-16(5-9-25)24-20-11-15(17-3-7-23-13-19(17)21)10-14-2-6-22-12-18(14)20/h2-3,6-7,10-13,16,24H,4-5,8-9H2,1H3. The Kier molecular flexibility index (Phi) is 4.99. The van der Waals surface area contributed by atoms with Crippen molar-refractivity contribution in [1.29, 1.82) is 0 Å². The van der Waals surface area contributed by atoms with Gasteiger partial charge in [0.2, 0.25) is 10.0 Å². The van der Waals surface area contributed by atoms with Crippen LogP contribution in [-0.2, 0) is 10.0 Å². The van der Waals surface area contributed by atoms with E-state index in [4.69, 9.17) is 0 Å². The summed E-state index contributed by atoms with van der Waals surface area (Å²) in [6.07, 6.45) is 8.95. The Morgan fingerprint density at radius 2 is 1.82 bits per heavy atom. The van der Waals surface area contributed by atoms with Crippen LogP contribution < -0.4 is 5.32 Å². The molecule has 1 aromatic carbocycles. The highest BCUT2D eigenvalue weighted by Crippen LogP contribution is 2.32. The zero-order valence-electron chi connectivity index (χ0n) is 15.5. The van der Waals surface area contributed by atoms with Crippen molar-refractivity contribution in [1.82, 2.24) is 14.3 Å². The third-order valence-corrected chi connectivity index (χ3v) is 6.43. The number of pyridine rings is 2. The number of hydrogen-bond donors (Lipinski definition) is 1. The van der Waals surface area contributed by atoms with Crippen LogP contribution in [0.4, 0.5) is 10.1 Å². The molecule has 1 fully saturated rings. The van der Waals surface area contributed by atoms with E-state index >= 15 is 0 Å². The quantitative estimate of drug-likeness (QED) is 0.728. The van der Waals surface area contributed by atoms with Crippen molar-refractivity contribution in [3.8, 4) is 11.1 Å². The molecule has 0 spiro atoms. The van der Waals surface area contributed by atoms with Crippen molar-refractivity contribution in [2.75, 3.05) is 24.7 Å². The lowest BCUT2D eigenvalue weighted by molar-refractivity contribution is 0.332. The van der Waals surface area contributed by atoms with Gasteiger partial charge in [-0.2, -0.15) is 0 Å². The third-order valence-electron chi connectivity index (χ3n) is 5.12. The van der Waals surface area contributed by atoms with Gasteiger partial charge < -0.3 is 5.32 Å². The predicted octanol–water partition coefficient (Wildman–Crippen LogP) is 3.27. The number of aromatic nitrogens is 2. The van der Waals surface area contributed by atoms with E-state index < -0.39 is 10.0 Å². The molecule has 4 rings (SSSR count). The molecule has 3 heterocycles. The summed E-state index contributed by atoms with van der Waals surface area (Å²) >= 11 is 0. The highest BCUT2D eigenvalue weighted by atomic mass is 32.2. The first-order valence-electron chi connectivity index (χ1n) is 9.11. The maximum atomic E-state index is 14.3. The Morgan fingerprint density at radius 1 is 1.11 bits per heavy atom. The van der Waals surface area contributed by atoms with Crippen LogP contribution in [0.25, 0.3) is 21.9 Å². The van der Waals surface area contributed by atoms with Crippen LogP contribution in [0.3, 0.4) is 0 Å². The van der Waals surface area contributed by atoms with E-state index in [1.807, 2.05) is 18.2 Å². The largest absolute Gasteiger partial charge is 0.382 e. The summed E-state index contributed by atoms with van der Waals surface area (Å²) in [6.45, 7) is 0.983. The van der Waals surface area contributed by atoms with Crippen LogP contribution in [0.2, 0.25) is 0 Å². The second-order valence-electron chi connectivity index (χ2n) is 7.06. The zero-order valence-corrected chi connectivity index (χ0v) is 16.3. The van der Waals surface area contributed by atoms with E-state index in [9.17, 15) is 12.8 Å². The van der Waals surface area contributed by atoms with E-state index in [-0.39, 0.29) is 11.9 Å². The normalized spacial score (nSPS) is 16.4. The number of fused-ring (bicyclic) bond motifs is 1. The average Bonchev–Trinajstić information content (AvgIpc) is 2.68. The Hall–Kier alpha value is -2.58. The smallest absolute Gasteiger partial charge is 0.211 e.